The maximum absolute atomic E-state index is 5.21. The topological polar surface area (TPSA) is 34.2 Å². The van der Waals surface area contributed by atoms with Gasteiger partial charge in [-0.3, -0.25) is 0 Å². The van der Waals surface area contributed by atoms with E-state index in [2.05, 4.69) is 40.8 Å². The van der Waals surface area contributed by atoms with Gasteiger partial charge in [0.15, 0.2) is 0 Å². The van der Waals surface area contributed by atoms with Crippen LogP contribution in [0.2, 0.25) is 0 Å². The quantitative estimate of drug-likeness (QED) is 0.843. The average molecular weight is 276 g/mol. The van der Waals surface area contributed by atoms with Crippen LogP contribution >= 0.6 is 11.3 Å². The van der Waals surface area contributed by atoms with E-state index in [1.165, 1.54) is 16.1 Å². The van der Waals surface area contributed by atoms with Gasteiger partial charge in [-0.1, -0.05) is 31.2 Å². The molecule has 0 aliphatic heterocycles. The lowest BCUT2D eigenvalue weighted by Crippen LogP contribution is -2.14. The third kappa shape index (κ3) is 4.13. The Morgan fingerprint density at radius 3 is 2.68 bits per heavy atom. The Morgan fingerprint density at radius 2 is 2.00 bits per heavy atom. The largest absolute Gasteiger partial charge is 0.380 e. The summed E-state index contributed by atoms with van der Waals surface area (Å²) in [5.74, 6) is 0. The van der Waals surface area contributed by atoms with E-state index < -0.39 is 0 Å². The Hall–Kier alpha value is -1.23. The van der Waals surface area contributed by atoms with Crippen LogP contribution in [0.3, 0.4) is 0 Å². The van der Waals surface area contributed by atoms with E-state index in [-0.39, 0.29) is 0 Å². The molecule has 1 aromatic heterocycles. The van der Waals surface area contributed by atoms with E-state index in [0.717, 1.165) is 25.2 Å². The highest BCUT2D eigenvalue weighted by molar-refractivity contribution is 7.09. The summed E-state index contributed by atoms with van der Waals surface area (Å²) < 4.78 is 5.21. The van der Waals surface area contributed by atoms with Gasteiger partial charge in [0.05, 0.1) is 17.3 Å². The fourth-order valence-corrected chi connectivity index (χ4v) is 2.69. The van der Waals surface area contributed by atoms with Crippen molar-refractivity contribution in [1.82, 2.24) is 10.3 Å². The van der Waals surface area contributed by atoms with Crippen LogP contribution in [-0.4, -0.2) is 12.1 Å². The number of methoxy groups -OCH3 is 1. The molecule has 0 saturated carbocycles. The number of hydrogen-bond acceptors (Lipinski definition) is 4. The van der Waals surface area contributed by atoms with Gasteiger partial charge in [0, 0.05) is 25.6 Å². The molecule has 3 nitrogen and oxygen atoms in total. The van der Waals surface area contributed by atoms with E-state index in [0.29, 0.717) is 6.61 Å². The van der Waals surface area contributed by atoms with E-state index in [1.54, 1.807) is 18.4 Å². The predicted molar refractivity (Wildman–Crippen MR) is 79.2 cm³/mol. The molecule has 0 spiro atoms. The van der Waals surface area contributed by atoms with Crippen LogP contribution < -0.4 is 5.32 Å². The van der Waals surface area contributed by atoms with Gasteiger partial charge in [0.2, 0.25) is 0 Å². The maximum atomic E-state index is 5.21. The van der Waals surface area contributed by atoms with Crippen molar-refractivity contribution in [2.45, 2.75) is 33.0 Å². The number of aryl methyl sites for hydroxylation is 1. The van der Waals surface area contributed by atoms with Gasteiger partial charge < -0.3 is 10.1 Å². The monoisotopic (exact) mass is 276 g/mol. The lowest BCUT2D eigenvalue weighted by Gasteiger charge is -2.09. The first kappa shape index (κ1) is 14.2. The molecule has 0 radical (unpaired) electrons. The average Bonchev–Trinajstić information content (AvgIpc) is 2.89. The number of hydrogen-bond donors (Lipinski definition) is 1. The number of nitrogens with zero attached hydrogens (tertiary/aromatic N) is 1. The van der Waals surface area contributed by atoms with Crippen molar-refractivity contribution in [3.05, 3.63) is 51.5 Å². The van der Waals surface area contributed by atoms with E-state index >= 15 is 0 Å². The molecule has 0 amide bonds. The third-order valence-electron chi connectivity index (χ3n) is 2.94. The van der Waals surface area contributed by atoms with Gasteiger partial charge in [-0.05, 0) is 17.5 Å². The van der Waals surface area contributed by atoms with Crippen LogP contribution in [0.4, 0.5) is 0 Å². The molecule has 19 heavy (non-hydrogen) atoms. The van der Waals surface area contributed by atoms with Crippen molar-refractivity contribution >= 4 is 11.3 Å². The number of rotatable bonds is 7. The predicted octanol–water partition coefficient (Wildman–Crippen LogP) is 3.14. The second-order valence-corrected chi connectivity index (χ2v) is 5.33. The van der Waals surface area contributed by atoms with Gasteiger partial charge in [0.1, 0.15) is 0 Å². The van der Waals surface area contributed by atoms with E-state index in [9.17, 15) is 0 Å². The second-order valence-electron chi connectivity index (χ2n) is 4.39. The summed E-state index contributed by atoms with van der Waals surface area (Å²) in [6.45, 7) is 4.46. The van der Waals surface area contributed by atoms with E-state index in [1.807, 2.05) is 6.07 Å². The summed E-state index contributed by atoms with van der Waals surface area (Å²) in [6, 6.07) is 8.36. The number of thiazole rings is 1. The first-order valence-electron chi connectivity index (χ1n) is 6.53. The first-order valence-corrected chi connectivity index (χ1v) is 7.41. The van der Waals surface area contributed by atoms with Gasteiger partial charge in [-0.15, -0.1) is 11.3 Å². The minimum absolute atomic E-state index is 0.661. The molecule has 0 bridgehead atoms. The summed E-state index contributed by atoms with van der Waals surface area (Å²) in [7, 11) is 1.73. The number of benzene rings is 1. The SMILES string of the molecule is CCc1nc(CNCc2ccccc2COC)cs1. The minimum atomic E-state index is 0.661. The van der Waals surface area contributed by atoms with Crippen LogP contribution in [0.5, 0.6) is 0 Å². The fourth-order valence-electron chi connectivity index (χ4n) is 1.94. The number of nitrogens with one attached hydrogen (secondary N) is 1. The highest BCUT2D eigenvalue weighted by Gasteiger charge is 2.03. The Morgan fingerprint density at radius 1 is 1.21 bits per heavy atom. The number of ether oxygens (including phenoxy) is 1. The normalized spacial score (nSPS) is 10.8. The zero-order valence-electron chi connectivity index (χ0n) is 11.5. The van der Waals surface area contributed by atoms with Crippen molar-refractivity contribution in [1.29, 1.82) is 0 Å². The molecule has 0 saturated heterocycles. The Balaban J connectivity index is 1.88. The molecule has 1 heterocycles. The first-order chi connectivity index (χ1) is 9.33. The van der Waals surface area contributed by atoms with Crippen molar-refractivity contribution in [3.8, 4) is 0 Å². The standard InChI is InChI=1S/C15H20N2OS/c1-3-15-17-14(11-19-15)9-16-8-12-6-4-5-7-13(12)10-18-2/h4-7,11,16H,3,8-10H2,1-2H3. The molecule has 0 aliphatic carbocycles. The van der Waals surface area contributed by atoms with Crippen molar-refractivity contribution in [3.63, 3.8) is 0 Å². The van der Waals surface area contributed by atoms with Crippen molar-refractivity contribution in [2.24, 2.45) is 0 Å². The van der Waals surface area contributed by atoms with E-state index in [4.69, 9.17) is 4.74 Å². The number of aromatic nitrogens is 1. The summed E-state index contributed by atoms with van der Waals surface area (Å²) in [5, 5.41) is 6.78. The molecule has 0 fully saturated rings. The van der Waals surface area contributed by atoms with Gasteiger partial charge in [0.25, 0.3) is 0 Å². The maximum Gasteiger partial charge on any atom is 0.0926 e. The molecule has 0 aliphatic rings. The molecule has 4 heteroatoms. The van der Waals surface area contributed by atoms with Crippen LogP contribution in [0.15, 0.2) is 29.6 Å². The summed E-state index contributed by atoms with van der Waals surface area (Å²) >= 11 is 1.74. The lowest BCUT2D eigenvalue weighted by molar-refractivity contribution is 0.184. The van der Waals surface area contributed by atoms with Crippen molar-refractivity contribution in [2.75, 3.05) is 7.11 Å². The molecule has 1 aromatic carbocycles. The summed E-state index contributed by atoms with van der Waals surface area (Å²) in [4.78, 5) is 4.55. The molecule has 0 atom stereocenters. The minimum Gasteiger partial charge on any atom is -0.380 e. The second kappa shape index (κ2) is 7.38. The van der Waals surface area contributed by atoms with Crippen LogP contribution in [0.1, 0.15) is 28.8 Å². The molecule has 2 rings (SSSR count). The lowest BCUT2D eigenvalue weighted by atomic mass is 10.1. The van der Waals surface area contributed by atoms with Gasteiger partial charge in [-0.25, -0.2) is 4.98 Å². The zero-order chi connectivity index (χ0) is 13.5. The fraction of sp³-hybridized carbons (Fsp3) is 0.400. The smallest absolute Gasteiger partial charge is 0.0926 e. The van der Waals surface area contributed by atoms with Crippen LogP contribution in [0.25, 0.3) is 0 Å². The Kier molecular flexibility index (Phi) is 5.51. The zero-order valence-corrected chi connectivity index (χ0v) is 12.3. The van der Waals surface area contributed by atoms with Crippen LogP contribution in [0, 0.1) is 0 Å². The van der Waals surface area contributed by atoms with Crippen LogP contribution in [-0.2, 0) is 30.9 Å². The molecular weight excluding hydrogens is 256 g/mol. The van der Waals surface area contributed by atoms with Crippen molar-refractivity contribution < 1.29 is 4.74 Å². The summed E-state index contributed by atoms with van der Waals surface area (Å²) in [5.41, 5.74) is 3.66. The van der Waals surface area contributed by atoms with Gasteiger partial charge in [-0.2, -0.15) is 0 Å². The molecule has 102 valence electrons. The third-order valence-corrected chi connectivity index (χ3v) is 3.98. The summed E-state index contributed by atoms with van der Waals surface area (Å²) in [6.07, 6.45) is 1.02. The molecular formula is C15H20N2OS. The highest BCUT2D eigenvalue weighted by Crippen LogP contribution is 2.12. The van der Waals surface area contributed by atoms with Gasteiger partial charge >= 0.3 is 0 Å². The molecule has 2 aromatic rings. The Bertz CT molecular complexity index is 510. The molecule has 1 N–H and O–H groups in total. The highest BCUT2D eigenvalue weighted by atomic mass is 32.1. The molecule has 0 unspecified atom stereocenters. The Labute approximate surface area is 118 Å².